The number of hydrogen-bond donors (Lipinski definition) is 2. The number of rotatable bonds is 6. The van der Waals surface area contributed by atoms with Crippen molar-refractivity contribution in [2.75, 3.05) is 7.11 Å². The number of nitrogens with zero attached hydrogens (tertiary/aromatic N) is 2. The van der Waals surface area contributed by atoms with Crippen LogP contribution < -0.4 is 4.74 Å². The second kappa shape index (κ2) is 8.81. The Morgan fingerprint density at radius 1 is 1.14 bits per heavy atom. The molecule has 0 aliphatic carbocycles. The van der Waals surface area contributed by atoms with Crippen molar-refractivity contribution in [1.82, 2.24) is 9.88 Å². The van der Waals surface area contributed by atoms with Crippen LogP contribution in [0.15, 0.2) is 82.6 Å². The lowest BCUT2D eigenvalue weighted by molar-refractivity contribution is -0.130. The summed E-state index contributed by atoms with van der Waals surface area (Å²) >= 11 is 6.14. The first-order valence-corrected chi connectivity index (χ1v) is 11.0. The number of furan rings is 1. The number of aromatic nitrogens is 1. The number of aromatic hydroxyl groups is 1. The van der Waals surface area contributed by atoms with Gasteiger partial charge in [-0.25, -0.2) is 0 Å². The average molecular weight is 491 g/mol. The number of ether oxygens (including phenoxy) is 1. The Hall–Kier alpha value is -4.30. The van der Waals surface area contributed by atoms with Gasteiger partial charge in [0.05, 0.1) is 31.0 Å². The van der Waals surface area contributed by atoms with Crippen LogP contribution in [0.4, 0.5) is 0 Å². The summed E-state index contributed by atoms with van der Waals surface area (Å²) < 4.78 is 11.1. The van der Waals surface area contributed by atoms with Crippen molar-refractivity contribution in [3.8, 4) is 11.5 Å². The zero-order valence-corrected chi connectivity index (χ0v) is 19.2. The van der Waals surface area contributed by atoms with Crippen molar-refractivity contribution < 1.29 is 29.0 Å². The molecule has 1 aliphatic heterocycles. The molecule has 1 atom stereocenters. The van der Waals surface area contributed by atoms with Gasteiger partial charge in [0.25, 0.3) is 5.91 Å². The molecule has 0 bridgehead atoms. The maximum Gasteiger partial charge on any atom is 0.290 e. The van der Waals surface area contributed by atoms with Crippen LogP contribution in [0.2, 0.25) is 5.02 Å². The number of halogens is 1. The largest absolute Gasteiger partial charge is 0.508 e. The fourth-order valence-electron chi connectivity index (χ4n) is 4.20. The third-order valence-corrected chi connectivity index (χ3v) is 6.02. The highest BCUT2D eigenvalue weighted by Gasteiger charge is 2.44. The van der Waals surface area contributed by atoms with Crippen LogP contribution in [-0.4, -0.2) is 38.9 Å². The van der Waals surface area contributed by atoms with Gasteiger partial charge >= 0.3 is 0 Å². The molecule has 3 heterocycles. The number of benzene rings is 2. The number of hydrogen-bond acceptors (Lipinski definition) is 7. The van der Waals surface area contributed by atoms with E-state index in [-0.39, 0.29) is 23.6 Å². The molecule has 1 unspecified atom stereocenters. The van der Waals surface area contributed by atoms with Crippen molar-refractivity contribution in [3.05, 3.63) is 100 Å². The minimum atomic E-state index is -0.934. The van der Waals surface area contributed by atoms with Gasteiger partial charge in [0.1, 0.15) is 5.75 Å². The smallest absolute Gasteiger partial charge is 0.290 e. The van der Waals surface area contributed by atoms with Crippen LogP contribution >= 0.6 is 11.6 Å². The highest BCUT2D eigenvalue weighted by atomic mass is 35.5. The topological polar surface area (TPSA) is 113 Å². The van der Waals surface area contributed by atoms with Crippen molar-refractivity contribution in [3.63, 3.8) is 0 Å². The molecular formula is C26H19ClN2O6. The number of pyridine rings is 1. The number of carbonyl (C=O) groups is 2. The van der Waals surface area contributed by atoms with Gasteiger partial charge in [0.2, 0.25) is 5.78 Å². The van der Waals surface area contributed by atoms with Crippen LogP contribution in [0, 0.1) is 0 Å². The van der Waals surface area contributed by atoms with E-state index in [1.807, 2.05) is 0 Å². The van der Waals surface area contributed by atoms with E-state index < -0.39 is 23.5 Å². The van der Waals surface area contributed by atoms with Crippen LogP contribution in [0.3, 0.4) is 0 Å². The Balaban J connectivity index is 1.61. The van der Waals surface area contributed by atoms with Gasteiger partial charge in [0.15, 0.2) is 22.9 Å². The van der Waals surface area contributed by atoms with Crippen LogP contribution in [0.1, 0.15) is 27.9 Å². The first kappa shape index (κ1) is 22.5. The molecule has 2 aromatic heterocycles. The molecular weight excluding hydrogens is 472 g/mol. The molecule has 0 saturated carbocycles. The molecule has 0 saturated heterocycles. The lowest BCUT2D eigenvalue weighted by Gasteiger charge is -2.26. The molecule has 4 aromatic rings. The Kier molecular flexibility index (Phi) is 5.66. The zero-order valence-electron chi connectivity index (χ0n) is 18.4. The van der Waals surface area contributed by atoms with Crippen molar-refractivity contribution in [2.45, 2.75) is 12.6 Å². The van der Waals surface area contributed by atoms with E-state index in [9.17, 15) is 19.8 Å². The molecule has 176 valence electrons. The van der Waals surface area contributed by atoms with Gasteiger partial charge in [0, 0.05) is 22.7 Å². The maximum absolute atomic E-state index is 13.7. The Bertz CT molecular complexity index is 1480. The molecule has 1 amide bonds. The summed E-state index contributed by atoms with van der Waals surface area (Å²) in [5, 5.41) is 21.5. The number of phenolic OH excluding ortho intramolecular Hbond substituents is 1. The molecule has 0 radical (unpaired) electrons. The Morgan fingerprint density at radius 3 is 2.60 bits per heavy atom. The summed E-state index contributed by atoms with van der Waals surface area (Å²) in [5.74, 6) is -1.76. The highest BCUT2D eigenvalue weighted by Crippen LogP contribution is 2.41. The summed E-state index contributed by atoms with van der Waals surface area (Å²) in [6.45, 7) is 0.0512. The first-order chi connectivity index (χ1) is 16.9. The van der Waals surface area contributed by atoms with Gasteiger partial charge in [-0.2, -0.15) is 0 Å². The molecule has 9 heteroatoms. The highest BCUT2D eigenvalue weighted by molar-refractivity contribution is 6.31. The van der Waals surface area contributed by atoms with E-state index in [0.29, 0.717) is 33.0 Å². The van der Waals surface area contributed by atoms with Gasteiger partial charge in [-0.15, -0.1) is 0 Å². The quantitative estimate of drug-likeness (QED) is 0.367. The van der Waals surface area contributed by atoms with Crippen molar-refractivity contribution in [1.29, 1.82) is 0 Å². The standard InChI is InChI=1S/C26H19ClN2O6/c1-34-20-12-16(27)10-15-11-19(35-25(15)20)23(31)21-22(14-5-7-18(30)8-6-14)29(26(33)24(21)32)13-17-4-2-3-9-28-17/h2-12,22,30,32H,13H2,1H3. The number of amides is 1. The fourth-order valence-corrected chi connectivity index (χ4v) is 4.42. The van der Waals surface area contributed by atoms with E-state index in [1.165, 1.54) is 30.2 Å². The number of fused-ring (bicyclic) bond motifs is 1. The van der Waals surface area contributed by atoms with E-state index in [4.69, 9.17) is 20.8 Å². The Morgan fingerprint density at radius 2 is 1.91 bits per heavy atom. The average Bonchev–Trinajstić information content (AvgIpc) is 3.39. The zero-order chi connectivity index (χ0) is 24.7. The monoisotopic (exact) mass is 490 g/mol. The predicted octanol–water partition coefficient (Wildman–Crippen LogP) is 4.97. The number of phenols is 1. The molecule has 2 N–H and O–H groups in total. The maximum atomic E-state index is 13.7. The van der Waals surface area contributed by atoms with Gasteiger partial charge in [-0.3, -0.25) is 14.6 Å². The van der Waals surface area contributed by atoms with Crippen molar-refractivity contribution >= 4 is 34.3 Å². The lowest BCUT2D eigenvalue weighted by atomic mass is 9.95. The number of Topliss-reactive ketones (excluding diaryl/α,β-unsaturated/α-hetero) is 1. The van der Waals surface area contributed by atoms with Gasteiger partial charge < -0.3 is 24.3 Å². The number of ketones is 1. The van der Waals surface area contributed by atoms with Crippen LogP contribution in [-0.2, 0) is 11.3 Å². The van der Waals surface area contributed by atoms with E-state index in [1.54, 1.807) is 48.7 Å². The number of aliphatic hydroxyl groups excluding tert-OH is 1. The van der Waals surface area contributed by atoms with E-state index >= 15 is 0 Å². The summed E-state index contributed by atoms with van der Waals surface area (Å²) in [4.78, 5) is 32.4. The predicted molar refractivity (Wildman–Crippen MR) is 127 cm³/mol. The van der Waals surface area contributed by atoms with Crippen LogP contribution in [0.5, 0.6) is 11.5 Å². The number of methoxy groups -OCH3 is 1. The normalized spacial score (nSPS) is 15.8. The summed E-state index contributed by atoms with van der Waals surface area (Å²) in [5.41, 5.74) is 1.28. The molecule has 5 rings (SSSR count). The van der Waals surface area contributed by atoms with Crippen LogP contribution in [0.25, 0.3) is 11.0 Å². The van der Waals surface area contributed by atoms with Crippen molar-refractivity contribution in [2.24, 2.45) is 0 Å². The van der Waals surface area contributed by atoms with E-state index in [0.717, 1.165) is 0 Å². The molecule has 0 spiro atoms. The number of carbonyl (C=O) groups excluding carboxylic acids is 2. The molecule has 35 heavy (non-hydrogen) atoms. The Labute approximate surface area is 204 Å². The SMILES string of the molecule is COc1cc(Cl)cc2cc(C(=O)C3=C(O)C(=O)N(Cc4ccccn4)C3c3ccc(O)cc3)oc12. The minimum absolute atomic E-state index is 0.0247. The third kappa shape index (κ3) is 3.98. The van der Waals surface area contributed by atoms with Gasteiger partial charge in [-0.05, 0) is 42.0 Å². The molecule has 1 aliphatic rings. The molecule has 8 nitrogen and oxygen atoms in total. The second-order valence-corrected chi connectivity index (χ2v) is 8.41. The fraction of sp³-hybridized carbons (Fsp3) is 0.115. The summed E-state index contributed by atoms with van der Waals surface area (Å²) in [7, 11) is 1.45. The summed E-state index contributed by atoms with van der Waals surface area (Å²) in [6, 6.07) is 15.1. The number of aliphatic hydroxyl groups is 1. The van der Waals surface area contributed by atoms with E-state index in [2.05, 4.69) is 4.98 Å². The summed E-state index contributed by atoms with van der Waals surface area (Å²) in [6.07, 6.45) is 1.59. The second-order valence-electron chi connectivity index (χ2n) is 7.98. The third-order valence-electron chi connectivity index (χ3n) is 5.81. The van der Waals surface area contributed by atoms with Gasteiger partial charge in [-0.1, -0.05) is 29.8 Å². The lowest BCUT2D eigenvalue weighted by Crippen LogP contribution is -2.31. The molecule has 0 fully saturated rings. The first-order valence-electron chi connectivity index (χ1n) is 10.6. The minimum Gasteiger partial charge on any atom is -0.508 e. The molecule has 2 aromatic carbocycles.